The molecular formula is C15H21NO4. The summed E-state index contributed by atoms with van der Waals surface area (Å²) in [5, 5.41) is 22.7. The average Bonchev–Trinajstić information content (AvgIpc) is 2.37. The van der Waals surface area contributed by atoms with Crippen molar-refractivity contribution in [2.24, 2.45) is 0 Å². The average molecular weight is 279 g/mol. The van der Waals surface area contributed by atoms with Gasteiger partial charge in [0.2, 0.25) is 5.91 Å². The van der Waals surface area contributed by atoms with Gasteiger partial charge in [-0.3, -0.25) is 9.59 Å². The van der Waals surface area contributed by atoms with Crippen LogP contribution in [0.25, 0.3) is 0 Å². The fourth-order valence-corrected chi connectivity index (χ4v) is 2.01. The van der Waals surface area contributed by atoms with Gasteiger partial charge in [-0.2, -0.15) is 0 Å². The number of carbonyl (C=O) groups excluding carboxylic acids is 2. The summed E-state index contributed by atoms with van der Waals surface area (Å²) in [5.74, 6) is -0.180. The number of amides is 1. The molecule has 1 rings (SSSR count). The van der Waals surface area contributed by atoms with Crippen molar-refractivity contribution in [3.8, 4) is 0 Å². The van der Waals surface area contributed by atoms with Crippen molar-refractivity contribution in [3.63, 3.8) is 0 Å². The molecule has 0 aromatic heterocycles. The lowest BCUT2D eigenvalue weighted by Crippen LogP contribution is -2.28. The first-order valence-electron chi connectivity index (χ1n) is 6.59. The zero-order chi connectivity index (χ0) is 15.1. The minimum atomic E-state index is -1.07. The molecule has 1 amide bonds. The lowest BCUT2D eigenvalue weighted by molar-refractivity contribution is -0.119. The van der Waals surface area contributed by atoms with E-state index >= 15 is 0 Å². The fraction of sp³-hybridized carbons (Fsp3) is 0.467. The first kappa shape index (κ1) is 16.3. The van der Waals surface area contributed by atoms with Crippen LogP contribution in [0.2, 0.25) is 0 Å². The highest BCUT2D eigenvalue weighted by molar-refractivity contribution is 5.78. The SMILES string of the molecule is CC(=O)Cc1ccccc1C(O)C(O)CCNC(C)=O. The number of ketones is 1. The smallest absolute Gasteiger partial charge is 0.216 e. The Bertz CT molecular complexity index is 473. The second kappa shape index (κ2) is 7.77. The molecule has 0 saturated heterocycles. The Morgan fingerprint density at radius 3 is 2.45 bits per heavy atom. The first-order valence-corrected chi connectivity index (χ1v) is 6.59. The van der Waals surface area contributed by atoms with Gasteiger partial charge in [0, 0.05) is 19.9 Å². The summed E-state index contributed by atoms with van der Waals surface area (Å²) in [6.07, 6.45) is -1.59. The summed E-state index contributed by atoms with van der Waals surface area (Å²) in [6, 6.07) is 7.01. The monoisotopic (exact) mass is 279 g/mol. The van der Waals surface area contributed by atoms with Crippen LogP contribution in [0.15, 0.2) is 24.3 Å². The Hall–Kier alpha value is -1.72. The number of hydrogen-bond donors (Lipinski definition) is 3. The van der Waals surface area contributed by atoms with Crippen molar-refractivity contribution in [1.29, 1.82) is 0 Å². The maximum Gasteiger partial charge on any atom is 0.216 e. The first-order chi connectivity index (χ1) is 9.41. The summed E-state index contributed by atoms with van der Waals surface area (Å²) < 4.78 is 0. The maximum absolute atomic E-state index is 11.2. The lowest BCUT2D eigenvalue weighted by Gasteiger charge is -2.20. The highest BCUT2D eigenvalue weighted by Gasteiger charge is 2.21. The number of rotatable bonds is 7. The standard InChI is InChI=1S/C15H21NO4/c1-10(17)9-12-5-3-4-6-13(12)15(20)14(19)7-8-16-11(2)18/h3-6,14-15,19-20H,7-9H2,1-2H3,(H,16,18). The molecule has 0 bridgehead atoms. The number of Topliss-reactive ketones (excluding diaryl/α,β-unsaturated/α-hetero) is 1. The minimum Gasteiger partial charge on any atom is -0.390 e. The Morgan fingerprint density at radius 2 is 1.85 bits per heavy atom. The number of aliphatic hydroxyl groups is 2. The van der Waals surface area contributed by atoms with E-state index in [2.05, 4.69) is 5.32 Å². The van der Waals surface area contributed by atoms with Crippen molar-refractivity contribution >= 4 is 11.7 Å². The third-order valence-electron chi connectivity index (χ3n) is 2.99. The molecule has 0 fully saturated rings. The van der Waals surface area contributed by atoms with Crippen LogP contribution in [0.5, 0.6) is 0 Å². The number of carbonyl (C=O) groups is 2. The molecule has 0 radical (unpaired) electrons. The van der Waals surface area contributed by atoms with E-state index in [1.807, 2.05) is 0 Å². The molecule has 20 heavy (non-hydrogen) atoms. The quantitative estimate of drug-likeness (QED) is 0.687. The van der Waals surface area contributed by atoms with Gasteiger partial charge in [0.1, 0.15) is 11.9 Å². The van der Waals surface area contributed by atoms with Crippen LogP contribution in [0.3, 0.4) is 0 Å². The molecule has 5 heteroatoms. The molecule has 110 valence electrons. The van der Waals surface area contributed by atoms with E-state index < -0.39 is 12.2 Å². The van der Waals surface area contributed by atoms with Gasteiger partial charge in [-0.05, 0) is 24.5 Å². The van der Waals surface area contributed by atoms with Crippen molar-refractivity contribution in [3.05, 3.63) is 35.4 Å². The Morgan fingerprint density at radius 1 is 1.20 bits per heavy atom. The summed E-state index contributed by atoms with van der Waals surface area (Å²) in [4.78, 5) is 22.0. The Balaban J connectivity index is 2.72. The van der Waals surface area contributed by atoms with E-state index in [1.54, 1.807) is 24.3 Å². The Kier molecular flexibility index (Phi) is 6.35. The van der Waals surface area contributed by atoms with E-state index in [4.69, 9.17) is 0 Å². The van der Waals surface area contributed by atoms with Gasteiger partial charge in [-0.15, -0.1) is 0 Å². The number of nitrogens with one attached hydrogen (secondary N) is 1. The molecule has 0 aliphatic heterocycles. The van der Waals surface area contributed by atoms with E-state index in [1.165, 1.54) is 13.8 Å². The fourth-order valence-electron chi connectivity index (χ4n) is 2.01. The molecule has 1 aromatic carbocycles. The summed E-state index contributed by atoms with van der Waals surface area (Å²) >= 11 is 0. The molecule has 0 saturated carbocycles. The van der Waals surface area contributed by atoms with Crippen LogP contribution >= 0.6 is 0 Å². The predicted octanol–water partition coefficient (Wildman–Crippen LogP) is 0.739. The van der Waals surface area contributed by atoms with Crippen LogP contribution in [0.4, 0.5) is 0 Å². The third kappa shape index (κ3) is 5.11. The summed E-state index contributed by atoms with van der Waals surface area (Å²) in [7, 11) is 0. The highest BCUT2D eigenvalue weighted by atomic mass is 16.3. The molecule has 2 unspecified atom stereocenters. The normalized spacial score (nSPS) is 13.6. The molecule has 1 aromatic rings. The van der Waals surface area contributed by atoms with Gasteiger partial charge in [0.05, 0.1) is 6.10 Å². The zero-order valence-electron chi connectivity index (χ0n) is 11.8. The van der Waals surface area contributed by atoms with Gasteiger partial charge < -0.3 is 15.5 Å². The zero-order valence-corrected chi connectivity index (χ0v) is 11.8. The second-order valence-corrected chi connectivity index (χ2v) is 4.86. The molecule has 3 N–H and O–H groups in total. The third-order valence-corrected chi connectivity index (χ3v) is 2.99. The van der Waals surface area contributed by atoms with Gasteiger partial charge in [-0.1, -0.05) is 24.3 Å². The van der Waals surface area contributed by atoms with Gasteiger partial charge >= 0.3 is 0 Å². The lowest BCUT2D eigenvalue weighted by atomic mass is 9.94. The van der Waals surface area contributed by atoms with Crippen LogP contribution < -0.4 is 5.32 Å². The van der Waals surface area contributed by atoms with Crippen LogP contribution in [-0.4, -0.2) is 34.6 Å². The van der Waals surface area contributed by atoms with Crippen LogP contribution in [-0.2, 0) is 16.0 Å². The molecule has 2 atom stereocenters. The summed E-state index contributed by atoms with van der Waals surface area (Å²) in [6.45, 7) is 3.17. The predicted molar refractivity (Wildman–Crippen MR) is 75.1 cm³/mol. The van der Waals surface area contributed by atoms with E-state index in [-0.39, 0.29) is 24.5 Å². The largest absolute Gasteiger partial charge is 0.390 e. The molecule has 0 aliphatic carbocycles. The van der Waals surface area contributed by atoms with Crippen LogP contribution in [0.1, 0.15) is 37.5 Å². The van der Waals surface area contributed by atoms with Crippen molar-refractivity contribution < 1.29 is 19.8 Å². The van der Waals surface area contributed by atoms with Crippen LogP contribution in [0, 0.1) is 0 Å². The van der Waals surface area contributed by atoms with Crippen molar-refractivity contribution in [1.82, 2.24) is 5.32 Å². The number of benzene rings is 1. The van der Waals surface area contributed by atoms with Gasteiger partial charge in [-0.25, -0.2) is 0 Å². The minimum absolute atomic E-state index is 0.00242. The molecule has 5 nitrogen and oxygen atoms in total. The van der Waals surface area contributed by atoms with Gasteiger partial charge in [0.25, 0.3) is 0 Å². The second-order valence-electron chi connectivity index (χ2n) is 4.86. The molecule has 0 spiro atoms. The number of hydrogen-bond acceptors (Lipinski definition) is 4. The summed E-state index contributed by atoms with van der Waals surface area (Å²) in [5.41, 5.74) is 1.27. The Labute approximate surface area is 118 Å². The van der Waals surface area contributed by atoms with E-state index in [9.17, 15) is 19.8 Å². The van der Waals surface area contributed by atoms with E-state index in [0.29, 0.717) is 17.7 Å². The maximum atomic E-state index is 11.2. The topological polar surface area (TPSA) is 86.6 Å². The van der Waals surface area contributed by atoms with Crippen molar-refractivity contribution in [2.45, 2.75) is 38.9 Å². The number of aliphatic hydroxyl groups excluding tert-OH is 2. The highest BCUT2D eigenvalue weighted by Crippen LogP contribution is 2.23. The molecule has 0 heterocycles. The molecule has 0 aliphatic rings. The van der Waals surface area contributed by atoms with Gasteiger partial charge in [0.15, 0.2) is 0 Å². The van der Waals surface area contributed by atoms with Crippen molar-refractivity contribution in [2.75, 3.05) is 6.54 Å². The molecular weight excluding hydrogens is 258 g/mol. The van der Waals surface area contributed by atoms with E-state index in [0.717, 1.165) is 0 Å².